The molecule has 0 bridgehead atoms. The number of benzene rings is 1. The first-order chi connectivity index (χ1) is 10.4. The molecule has 0 aliphatic rings. The molecule has 0 atom stereocenters. The van der Waals surface area contributed by atoms with Gasteiger partial charge in [-0.15, -0.1) is 11.3 Å². The van der Waals surface area contributed by atoms with Crippen molar-refractivity contribution < 1.29 is 18.0 Å². The average molecular weight is 338 g/mol. The molecule has 0 aliphatic carbocycles. The van der Waals surface area contributed by atoms with Crippen LogP contribution in [0.3, 0.4) is 0 Å². The summed E-state index contributed by atoms with van der Waals surface area (Å²) in [4.78, 5) is 23.6. The van der Waals surface area contributed by atoms with Gasteiger partial charge in [0.2, 0.25) is 11.8 Å². The van der Waals surface area contributed by atoms with Crippen LogP contribution in [-0.4, -0.2) is 20.2 Å². The van der Waals surface area contributed by atoms with E-state index in [0.717, 1.165) is 11.8 Å². The highest BCUT2D eigenvalue weighted by Gasteiger charge is 2.15. The fraction of sp³-hybridized carbons (Fsp3) is 0.143. The monoisotopic (exact) mass is 338 g/mol. The van der Waals surface area contributed by atoms with Crippen molar-refractivity contribution in [2.24, 2.45) is 0 Å². The first-order valence-corrected chi connectivity index (χ1v) is 8.69. The second-order valence-corrected chi connectivity index (χ2v) is 7.21. The molecule has 116 valence electrons. The molecular formula is C14H14N2O4S2. The van der Waals surface area contributed by atoms with E-state index in [-0.39, 0.29) is 17.2 Å². The van der Waals surface area contributed by atoms with Crippen LogP contribution in [0.2, 0.25) is 0 Å². The molecule has 0 radical (unpaired) electrons. The Morgan fingerprint density at radius 2 is 1.82 bits per heavy atom. The van der Waals surface area contributed by atoms with Gasteiger partial charge in [-0.05, 0) is 35.7 Å². The van der Waals surface area contributed by atoms with Gasteiger partial charge < -0.3 is 5.32 Å². The van der Waals surface area contributed by atoms with E-state index in [4.69, 9.17) is 0 Å². The molecule has 1 heterocycles. The van der Waals surface area contributed by atoms with E-state index in [9.17, 15) is 18.0 Å². The standard InChI is InChI=1S/C14H14N2O4S2/c1-10(17)16-22(19,20)13-6-4-11(5-7-13)15-14(18)9-12-3-2-8-21-12/h2-8H,9H2,1H3,(H,15,18)(H,16,17). The predicted molar refractivity (Wildman–Crippen MR) is 84.1 cm³/mol. The Kier molecular flexibility index (Phi) is 4.94. The number of sulfonamides is 1. The van der Waals surface area contributed by atoms with Gasteiger partial charge in [0.1, 0.15) is 0 Å². The number of hydrogen-bond donors (Lipinski definition) is 2. The third-order valence-corrected chi connectivity index (χ3v) is 4.97. The lowest BCUT2D eigenvalue weighted by atomic mass is 10.3. The van der Waals surface area contributed by atoms with Crippen molar-refractivity contribution in [3.63, 3.8) is 0 Å². The summed E-state index contributed by atoms with van der Waals surface area (Å²) in [5, 5.41) is 4.58. The van der Waals surface area contributed by atoms with Gasteiger partial charge in [0.05, 0.1) is 11.3 Å². The third kappa shape index (κ3) is 4.40. The molecule has 2 amide bonds. The molecule has 2 rings (SSSR count). The smallest absolute Gasteiger partial charge is 0.264 e. The molecule has 2 N–H and O–H groups in total. The highest BCUT2D eigenvalue weighted by molar-refractivity contribution is 7.90. The molecule has 1 aromatic heterocycles. The Morgan fingerprint density at radius 3 is 2.36 bits per heavy atom. The van der Waals surface area contributed by atoms with Crippen molar-refractivity contribution in [1.82, 2.24) is 4.72 Å². The minimum atomic E-state index is -3.86. The van der Waals surface area contributed by atoms with Crippen molar-refractivity contribution in [3.8, 4) is 0 Å². The maximum atomic E-state index is 11.8. The quantitative estimate of drug-likeness (QED) is 0.869. The largest absolute Gasteiger partial charge is 0.326 e. The van der Waals surface area contributed by atoms with Gasteiger partial charge in [-0.3, -0.25) is 9.59 Å². The van der Waals surface area contributed by atoms with Crippen LogP contribution >= 0.6 is 11.3 Å². The highest BCUT2D eigenvalue weighted by Crippen LogP contribution is 2.15. The molecule has 22 heavy (non-hydrogen) atoms. The normalized spacial score (nSPS) is 11.0. The molecule has 0 aliphatic heterocycles. The molecule has 8 heteroatoms. The van der Waals surface area contributed by atoms with E-state index in [0.29, 0.717) is 5.69 Å². The Balaban J connectivity index is 2.03. The number of carbonyl (C=O) groups excluding carboxylic acids is 2. The van der Waals surface area contributed by atoms with Crippen LogP contribution in [0.4, 0.5) is 5.69 Å². The van der Waals surface area contributed by atoms with Gasteiger partial charge in [-0.25, -0.2) is 13.1 Å². The summed E-state index contributed by atoms with van der Waals surface area (Å²) >= 11 is 1.49. The van der Waals surface area contributed by atoms with E-state index >= 15 is 0 Å². The minimum absolute atomic E-state index is 0.0426. The molecule has 2 aromatic rings. The maximum Gasteiger partial charge on any atom is 0.264 e. The zero-order valence-corrected chi connectivity index (χ0v) is 13.3. The van der Waals surface area contributed by atoms with Crippen LogP contribution in [0.5, 0.6) is 0 Å². The first-order valence-electron chi connectivity index (χ1n) is 6.32. The average Bonchev–Trinajstić information content (AvgIpc) is 2.90. The van der Waals surface area contributed by atoms with Gasteiger partial charge >= 0.3 is 0 Å². The number of carbonyl (C=O) groups is 2. The predicted octanol–water partition coefficient (Wildman–Crippen LogP) is 1.75. The van der Waals surface area contributed by atoms with E-state index in [1.807, 2.05) is 22.2 Å². The van der Waals surface area contributed by atoms with Crippen molar-refractivity contribution in [2.75, 3.05) is 5.32 Å². The number of rotatable bonds is 5. The lowest BCUT2D eigenvalue weighted by molar-refractivity contribution is -0.117. The molecule has 0 unspecified atom stereocenters. The fourth-order valence-corrected chi connectivity index (χ4v) is 3.44. The zero-order chi connectivity index (χ0) is 16.2. The molecule has 0 fully saturated rings. The van der Waals surface area contributed by atoms with Crippen molar-refractivity contribution in [1.29, 1.82) is 0 Å². The van der Waals surface area contributed by atoms with Gasteiger partial charge in [0.25, 0.3) is 10.0 Å². The zero-order valence-electron chi connectivity index (χ0n) is 11.7. The second kappa shape index (κ2) is 6.71. The first kappa shape index (κ1) is 16.2. The number of nitrogens with one attached hydrogen (secondary N) is 2. The summed E-state index contributed by atoms with van der Waals surface area (Å²) in [7, 11) is -3.86. The lowest BCUT2D eigenvalue weighted by Crippen LogP contribution is -2.28. The van der Waals surface area contributed by atoms with Crippen LogP contribution in [0.25, 0.3) is 0 Å². The van der Waals surface area contributed by atoms with Crippen LogP contribution in [-0.2, 0) is 26.0 Å². The molecule has 0 saturated carbocycles. The van der Waals surface area contributed by atoms with E-state index < -0.39 is 15.9 Å². The Labute approximate surface area is 132 Å². The number of hydrogen-bond acceptors (Lipinski definition) is 5. The molecule has 1 aromatic carbocycles. The molecule has 0 saturated heterocycles. The van der Waals surface area contributed by atoms with Gasteiger partial charge in [0, 0.05) is 17.5 Å². The molecule has 6 nitrogen and oxygen atoms in total. The van der Waals surface area contributed by atoms with Crippen molar-refractivity contribution in [3.05, 3.63) is 46.7 Å². The number of anilines is 1. The van der Waals surface area contributed by atoms with Gasteiger partial charge in [-0.2, -0.15) is 0 Å². The summed E-state index contributed by atoms with van der Waals surface area (Å²) in [5.41, 5.74) is 0.489. The Bertz CT molecular complexity index is 766. The van der Waals surface area contributed by atoms with E-state index in [2.05, 4.69) is 5.32 Å². The topological polar surface area (TPSA) is 92.3 Å². The summed E-state index contributed by atoms with van der Waals surface area (Å²) in [5.74, 6) is -0.840. The molecule has 0 spiro atoms. The second-order valence-electron chi connectivity index (χ2n) is 4.49. The fourth-order valence-electron chi connectivity index (χ4n) is 1.74. The lowest BCUT2D eigenvalue weighted by Gasteiger charge is -2.07. The highest BCUT2D eigenvalue weighted by atomic mass is 32.2. The van der Waals surface area contributed by atoms with Gasteiger partial charge in [-0.1, -0.05) is 6.07 Å². The Hall–Kier alpha value is -2.19. The maximum absolute atomic E-state index is 11.8. The minimum Gasteiger partial charge on any atom is -0.326 e. The number of thiophene rings is 1. The Morgan fingerprint density at radius 1 is 1.14 bits per heavy atom. The van der Waals surface area contributed by atoms with Crippen LogP contribution < -0.4 is 10.0 Å². The third-order valence-electron chi connectivity index (χ3n) is 2.64. The SMILES string of the molecule is CC(=O)NS(=O)(=O)c1ccc(NC(=O)Cc2cccs2)cc1. The van der Waals surface area contributed by atoms with Crippen molar-refractivity contribution in [2.45, 2.75) is 18.2 Å². The summed E-state index contributed by atoms with van der Waals surface area (Å²) in [6.45, 7) is 1.12. The van der Waals surface area contributed by atoms with Crippen LogP contribution in [0, 0.1) is 0 Å². The van der Waals surface area contributed by atoms with Crippen molar-refractivity contribution >= 4 is 38.9 Å². The summed E-state index contributed by atoms with van der Waals surface area (Å²) in [6, 6.07) is 9.34. The van der Waals surface area contributed by atoms with Crippen LogP contribution in [0.15, 0.2) is 46.7 Å². The summed E-state index contributed by atoms with van der Waals surface area (Å²) in [6.07, 6.45) is 0.267. The van der Waals surface area contributed by atoms with Crippen LogP contribution in [0.1, 0.15) is 11.8 Å². The van der Waals surface area contributed by atoms with Gasteiger partial charge in [0.15, 0.2) is 0 Å². The number of amides is 2. The summed E-state index contributed by atoms with van der Waals surface area (Å²) < 4.78 is 25.4. The molecular weight excluding hydrogens is 324 g/mol. The van der Waals surface area contributed by atoms with E-state index in [1.54, 1.807) is 0 Å². The van der Waals surface area contributed by atoms with E-state index in [1.165, 1.54) is 35.6 Å².